The van der Waals surface area contributed by atoms with Crippen LogP contribution in [-0.4, -0.2) is 54.0 Å². The molecule has 1 aliphatic rings. The third-order valence-electron chi connectivity index (χ3n) is 5.33. The van der Waals surface area contributed by atoms with Gasteiger partial charge in [-0.15, -0.1) is 0 Å². The number of amides is 1. The average molecular weight is 384 g/mol. The van der Waals surface area contributed by atoms with E-state index in [4.69, 9.17) is 4.99 Å². The van der Waals surface area contributed by atoms with Crippen molar-refractivity contribution in [3.8, 4) is 0 Å². The molecule has 1 aromatic heterocycles. The van der Waals surface area contributed by atoms with Crippen molar-refractivity contribution in [3.63, 3.8) is 0 Å². The number of fused-ring (bicyclic) bond motifs is 1. The van der Waals surface area contributed by atoms with E-state index in [2.05, 4.69) is 53.9 Å². The molecule has 1 unspecified atom stereocenters. The van der Waals surface area contributed by atoms with Crippen molar-refractivity contribution in [2.24, 2.45) is 10.9 Å². The molecule has 1 amide bonds. The molecule has 3 N–H and O–H groups in total. The van der Waals surface area contributed by atoms with Crippen LogP contribution in [-0.2, 0) is 11.2 Å². The molecule has 1 atom stereocenters. The lowest BCUT2D eigenvalue weighted by molar-refractivity contribution is -0.133. The summed E-state index contributed by atoms with van der Waals surface area (Å²) >= 11 is 0. The molecule has 28 heavy (non-hydrogen) atoms. The summed E-state index contributed by atoms with van der Waals surface area (Å²) in [4.78, 5) is 22.3. The first kappa shape index (κ1) is 20.2. The van der Waals surface area contributed by atoms with Crippen molar-refractivity contribution in [1.29, 1.82) is 0 Å². The Morgan fingerprint density at radius 3 is 2.96 bits per heavy atom. The van der Waals surface area contributed by atoms with Gasteiger partial charge in [0.1, 0.15) is 0 Å². The Hall–Kier alpha value is -2.50. The first-order valence-electron chi connectivity index (χ1n) is 10.4. The second-order valence-corrected chi connectivity index (χ2v) is 7.89. The second kappa shape index (κ2) is 9.13. The Kier molecular flexibility index (Phi) is 6.60. The third-order valence-corrected chi connectivity index (χ3v) is 5.33. The van der Waals surface area contributed by atoms with E-state index < -0.39 is 0 Å². The molecule has 1 saturated heterocycles. The molecule has 152 valence electrons. The van der Waals surface area contributed by atoms with E-state index in [0.717, 1.165) is 45.0 Å². The summed E-state index contributed by atoms with van der Waals surface area (Å²) in [5.74, 6) is 1.13. The fourth-order valence-corrected chi connectivity index (χ4v) is 3.89. The van der Waals surface area contributed by atoms with Gasteiger partial charge in [0.25, 0.3) is 0 Å². The topological polar surface area (TPSA) is 72.5 Å². The van der Waals surface area contributed by atoms with Crippen molar-refractivity contribution in [2.75, 3.05) is 26.2 Å². The lowest BCUT2D eigenvalue weighted by Crippen LogP contribution is -2.45. The van der Waals surface area contributed by atoms with Crippen LogP contribution in [0, 0.1) is 12.8 Å². The molecule has 3 rings (SSSR count). The molecule has 1 fully saturated rings. The van der Waals surface area contributed by atoms with Gasteiger partial charge < -0.3 is 20.5 Å². The van der Waals surface area contributed by atoms with E-state index in [0.29, 0.717) is 0 Å². The highest BCUT2D eigenvalue weighted by Crippen LogP contribution is 2.22. The zero-order chi connectivity index (χ0) is 20.1. The molecule has 0 radical (unpaired) electrons. The Labute approximate surface area is 167 Å². The van der Waals surface area contributed by atoms with Crippen molar-refractivity contribution in [1.82, 2.24) is 20.5 Å². The number of carbonyl (C=O) groups is 1. The lowest BCUT2D eigenvalue weighted by atomic mass is 10.1. The van der Waals surface area contributed by atoms with E-state index >= 15 is 0 Å². The second-order valence-electron chi connectivity index (χ2n) is 7.89. The van der Waals surface area contributed by atoms with Crippen LogP contribution < -0.4 is 10.6 Å². The number of aromatic nitrogens is 1. The van der Waals surface area contributed by atoms with Gasteiger partial charge in [0.15, 0.2) is 5.96 Å². The number of nitrogens with one attached hydrogen (secondary N) is 3. The maximum absolute atomic E-state index is 12.2. The number of carbonyl (C=O) groups excluding carboxylic acids is 1. The maximum Gasteiger partial charge on any atom is 0.225 e. The van der Waals surface area contributed by atoms with Gasteiger partial charge in [-0.2, -0.15) is 0 Å². The van der Waals surface area contributed by atoms with E-state index in [1.165, 1.54) is 22.0 Å². The van der Waals surface area contributed by atoms with Gasteiger partial charge in [0.2, 0.25) is 5.91 Å². The van der Waals surface area contributed by atoms with E-state index in [1.807, 2.05) is 18.7 Å². The normalized spacial score (nSPS) is 17.5. The van der Waals surface area contributed by atoms with Gasteiger partial charge in [-0.05, 0) is 43.9 Å². The van der Waals surface area contributed by atoms with Crippen molar-refractivity contribution in [2.45, 2.75) is 46.6 Å². The summed E-state index contributed by atoms with van der Waals surface area (Å²) in [6.45, 7) is 11.3. The first-order chi connectivity index (χ1) is 13.5. The quantitative estimate of drug-likeness (QED) is 0.531. The van der Waals surface area contributed by atoms with E-state index in [-0.39, 0.29) is 17.9 Å². The number of aliphatic imine (C=N–C) groups is 1. The Bertz CT molecular complexity index is 839. The van der Waals surface area contributed by atoms with Gasteiger partial charge in [-0.3, -0.25) is 9.79 Å². The van der Waals surface area contributed by atoms with Crippen LogP contribution >= 0.6 is 0 Å². The molecule has 0 aliphatic carbocycles. The first-order valence-corrected chi connectivity index (χ1v) is 10.4. The fourth-order valence-electron chi connectivity index (χ4n) is 3.89. The summed E-state index contributed by atoms with van der Waals surface area (Å²) in [7, 11) is 0. The van der Waals surface area contributed by atoms with E-state index in [9.17, 15) is 4.79 Å². The number of likely N-dealkylation sites (tertiary alicyclic amines) is 1. The molecule has 2 aromatic rings. The van der Waals surface area contributed by atoms with Crippen LogP contribution in [0.4, 0.5) is 0 Å². The van der Waals surface area contributed by atoms with Crippen LogP contribution in [0.5, 0.6) is 0 Å². The monoisotopic (exact) mass is 383 g/mol. The fraction of sp³-hybridized carbons (Fsp3) is 0.545. The average Bonchev–Trinajstić information content (AvgIpc) is 3.29. The minimum absolute atomic E-state index is 0.0558. The number of aryl methyl sites for hydroxylation is 1. The Morgan fingerprint density at radius 1 is 1.39 bits per heavy atom. The minimum atomic E-state index is 0.0558. The van der Waals surface area contributed by atoms with Crippen LogP contribution in [0.15, 0.2) is 29.4 Å². The van der Waals surface area contributed by atoms with Crippen LogP contribution in [0.25, 0.3) is 10.9 Å². The van der Waals surface area contributed by atoms with Gasteiger partial charge >= 0.3 is 0 Å². The van der Waals surface area contributed by atoms with Crippen molar-refractivity contribution < 1.29 is 4.79 Å². The number of guanidine groups is 1. The van der Waals surface area contributed by atoms with Crippen molar-refractivity contribution in [3.05, 3.63) is 35.5 Å². The van der Waals surface area contributed by atoms with Crippen LogP contribution in [0.1, 0.15) is 38.3 Å². The zero-order valence-electron chi connectivity index (χ0n) is 17.5. The summed E-state index contributed by atoms with van der Waals surface area (Å²) in [6, 6.07) is 6.61. The van der Waals surface area contributed by atoms with Crippen molar-refractivity contribution >= 4 is 22.8 Å². The Balaban J connectivity index is 1.59. The smallest absolute Gasteiger partial charge is 0.225 e. The third kappa shape index (κ3) is 4.66. The standard InChI is InChI=1S/C22H33N5O/c1-5-23-22(26-18-10-12-27(14-18)21(28)15(2)3)24-11-9-17-13-25-19-8-6-7-16(4)20(17)19/h6-8,13,15,18,25H,5,9-12,14H2,1-4H3,(H2,23,24,26). The predicted molar refractivity (Wildman–Crippen MR) is 116 cm³/mol. The molecular weight excluding hydrogens is 350 g/mol. The molecule has 6 heteroatoms. The Morgan fingerprint density at radius 2 is 2.21 bits per heavy atom. The summed E-state index contributed by atoms with van der Waals surface area (Å²) in [5.41, 5.74) is 3.79. The largest absolute Gasteiger partial charge is 0.361 e. The molecule has 0 saturated carbocycles. The zero-order valence-corrected chi connectivity index (χ0v) is 17.5. The number of benzene rings is 1. The molecule has 2 heterocycles. The van der Waals surface area contributed by atoms with Gasteiger partial charge in [-0.25, -0.2) is 0 Å². The highest BCUT2D eigenvalue weighted by Gasteiger charge is 2.27. The number of hydrogen-bond donors (Lipinski definition) is 3. The summed E-state index contributed by atoms with van der Waals surface area (Å²) < 4.78 is 0. The number of rotatable bonds is 6. The number of aromatic amines is 1. The number of hydrogen-bond acceptors (Lipinski definition) is 2. The molecular formula is C22H33N5O. The maximum atomic E-state index is 12.2. The molecule has 6 nitrogen and oxygen atoms in total. The van der Waals surface area contributed by atoms with Gasteiger partial charge in [0.05, 0.1) is 0 Å². The SMILES string of the molecule is CCNC(=NCCc1c[nH]c2cccc(C)c12)NC1CCN(C(=O)C(C)C)C1. The van der Waals surface area contributed by atoms with Gasteiger partial charge in [0, 0.05) is 55.2 Å². The molecule has 0 spiro atoms. The minimum Gasteiger partial charge on any atom is -0.361 e. The van der Waals surface area contributed by atoms with Gasteiger partial charge in [-0.1, -0.05) is 26.0 Å². The predicted octanol–water partition coefficient (Wildman–Crippen LogP) is 2.83. The van der Waals surface area contributed by atoms with E-state index in [1.54, 1.807) is 0 Å². The van der Waals surface area contributed by atoms with Crippen LogP contribution in [0.3, 0.4) is 0 Å². The highest BCUT2D eigenvalue weighted by molar-refractivity contribution is 5.86. The molecule has 1 aromatic carbocycles. The summed E-state index contributed by atoms with van der Waals surface area (Å²) in [5, 5.41) is 8.15. The summed E-state index contributed by atoms with van der Waals surface area (Å²) in [6.07, 6.45) is 3.95. The molecule has 0 bridgehead atoms. The molecule has 1 aliphatic heterocycles. The van der Waals surface area contributed by atoms with Crippen LogP contribution in [0.2, 0.25) is 0 Å². The number of H-pyrrole nitrogens is 1. The number of nitrogens with zero attached hydrogens (tertiary/aromatic N) is 2. The lowest BCUT2D eigenvalue weighted by Gasteiger charge is -2.20. The highest BCUT2D eigenvalue weighted by atomic mass is 16.2.